The molecular weight excluding hydrogens is 437 g/mol. The molecule has 26 heavy (non-hydrogen) atoms. The Bertz CT molecular complexity index is 913. The molecule has 0 atom stereocenters. The van der Waals surface area contributed by atoms with Crippen LogP contribution in [0.25, 0.3) is 0 Å². The fraction of sp³-hybridized carbons (Fsp3) is 0.0526. The first-order valence-electron chi connectivity index (χ1n) is 7.39. The Morgan fingerprint density at radius 2 is 1.00 bits per heavy atom. The van der Waals surface area contributed by atoms with Crippen LogP contribution in [-0.2, 0) is 0 Å². The van der Waals surface area contributed by atoms with Gasteiger partial charge in [-0.1, -0.05) is 70.1 Å². The lowest BCUT2D eigenvalue weighted by atomic mass is 9.84. The van der Waals surface area contributed by atoms with Gasteiger partial charge in [-0.2, -0.15) is 0 Å². The second kappa shape index (κ2) is 7.75. The van der Waals surface area contributed by atoms with Crippen LogP contribution < -0.4 is 0 Å². The van der Waals surface area contributed by atoms with E-state index in [1.165, 1.54) is 12.1 Å². The molecule has 0 saturated carbocycles. The molecule has 0 heterocycles. The van der Waals surface area contributed by atoms with Gasteiger partial charge in [-0.25, -0.2) is 0 Å². The van der Waals surface area contributed by atoms with E-state index in [-0.39, 0.29) is 21.5 Å². The third kappa shape index (κ3) is 3.85. The minimum Gasteiger partial charge on any atom is -0.506 e. The van der Waals surface area contributed by atoms with Crippen LogP contribution in [0.5, 0.6) is 11.5 Å². The number of phenolic OH excluding ortho intramolecular Hbond substituents is 2. The van der Waals surface area contributed by atoms with Gasteiger partial charge in [-0.3, -0.25) is 0 Å². The summed E-state index contributed by atoms with van der Waals surface area (Å²) in [5.74, 6) is -0.919. The zero-order chi connectivity index (χ0) is 19.0. The molecule has 0 fully saturated rings. The standard InChI is InChI=1S/C19H11Cl5O2/c20-10-3-1-9(2-4-10)17(13-5-11(21)7-15(23)18(13)25)14-6-12(22)8-16(24)19(14)26/h1-8,17,25-26H. The molecular formula is C19H11Cl5O2. The van der Waals surface area contributed by atoms with E-state index >= 15 is 0 Å². The highest BCUT2D eigenvalue weighted by molar-refractivity contribution is 6.36. The maximum absolute atomic E-state index is 10.5. The molecule has 0 bridgehead atoms. The summed E-state index contributed by atoms with van der Waals surface area (Å²) >= 11 is 30.5. The largest absolute Gasteiger partial charge is 0.506 e. The minimum atomic E-state index is -0.625. The number of rotatable bonds is 3. The predicted molar refractivity (Wildman–Crippen MR) is 109 cm³/mol. The second-order valence-electron chi connectivity index (χ2n) is 5.64. The van der Waals surface area contributed by atoms with Gasteiger partial charge in [0.25, 0.3) is 0 Å². The Morgan fingerprint density at radius 1 is 0.577 bits per heavy atom. The molecule has 7 heteroatoms. The van der Waals surface area contributed by atoms with Crippen LogP contribution in [-0.4, -0.2) is 10.2 Å². The van der Waals surface area contributed by atoms with E-state index in [0.29, 0.717) is 26.2 Å². The highest BCUT2D eigenvalue weighted by Gasteiger charge is 2.26. The Kier molecular flexibility index (Phi) is 5.81. The normalized spacial score (nSPS) is 11.2. The lowest BCUT2D eigenvalue weighted by molar-refractivity contribution is 0.459. The number of aromatic hydroxyl groups is 2. The molecule has 0 aliphatic carbocycles. The monoisotopic (exact) mass is 446 g/mol. The van der Waals surface area contributed by atoms with Crippen molar-refractivity contribution in [3.63, 3.8) is 0 Å². The average Bonchev–Trinajstić information content (AvgIpc) is 2.58. The van der Waals surface area contributed by atoms with Crippen molar-refractivity contribution in [2.75, 3.05) is 0 Å². The number of phenols is 2. The van der Waals surface area contributed by atoms with E-state index in [4.69, 9.17) is 58.0 Å². The van der Waals surface area contributed by atoms with Crippen LogP contribution in [0.3, 0.4) is 0 Å². The van der Waals surface area contributed by atoms with Crippen molar-refractivity contribution in [1.29, 1.82) is 0 Å². The molecule has 2 nitrogen and oxygen atoms in total. The molecule has 3 rings (SSSR count). The highest BCUT2D eigenvalue weighted by Crippen LogP contribution is 2.46. The van der Waals surface area contributed by atoms with Crippen molar-refractivity contribution >= 4 is 58.0 Å². The summed E-state index contributed by atoms with van der Waals surface area (Å²) in [6.45, 7) is 0. The highest BCUT2D eigenvalue weighted by atomic mass is 35.5. The zero-order valence-electron chi connectivity index (χ0n) is 13.0. The van der Waals surface area contributed by atoms with E-state index in [1.54, 1.807) is 36.4 Å². The molecule has 3 aromatic rings. The van der Waals surface area contributed by atoms with Crippen molar-refractivity contribution in [2.45, 2.75) is 5.92 Å². The topological polar surface area (TPSA) is 40.5 Å². The summed E-state index contributed by atoms with van der Waals surface area (Å²) < 4.78 is 0. The third-order valence-electron chi connectivity index (χ3n) is 3.94. The van der Waals surface area contributed by atoms with E-state index < -0.39 is 5.92 Å². The zero-order valence-corrected chi connectivity index (χ0v) is 16.8. The van der Waals surface area contributed by atoms with Gasteiger partial charge in [0.2, 0.25) is 0 Å². The van der Waals surface area contributed by atoms with Crippen LogP contribution >= 0.6 is 58.0 Å². The van der Waals surface area contributed by atoms with Gasteiger partial charge in [-0.15, -0.1) is 0 Å². The molecule has 0 amide bonds. The minimum absolute atomic E-state index is 0.0964. The van der Waals surface area contributed by atoms with Gasteiger partial charge >= 0.3 is 0 Å². The molecule has 0 radical (unpaired) electrons. The first-order chi connectivity index (χ1) is 12.3. The summed E-state index contributed by atoms with van der Waals surface area (Å²) in [6, 6.07) is 13.0. The molecule has 3 aromatic carbocycles. The molecule has 0 aliphatic heterocycles. The summed E-state index contributed by atoms with van der Waals surface area (Å²) in [6.07, 6.45) is 0. The van der Waals surface area contributed by atoms with Gasteiger partial charge in [-0.05, 0) is 42.0 Å². The fourth-order valence-corrected chi connectivity index (χ4v) is 3.94. The Balaban J connectivity index is 2.33. The number of hydrogen-bond donors (Lipinski definition) is 2. The maximum atomic E-state index is 10.5. The lowest BCUT2D eigenvalue weighted by Crippen LogP contribution is -2.05. The number of hydrogen-bond acceptors (Lipinski definition) is 2. The first kappa shape index (κ1) is 19.5. The molecule has 0 spiro atoms. The van der Waals surface area contributed by atoms with Gasteiger partial charge < -0.3 is 10.2 Å². The van der Waals surface area contributed by atoms with E-state index in [0.717, 1.165) is 5.56 Å². The first-order valence-corrected chi connectivity index (χ1v) is 9.28. The molecule has 0 aliphatic rings. The second-order valence-corrected chi connectivity index (χ2v) is 7.76. The SMILES string of the molecule is Oc1c(Cl)cc(Cl)cc1C(c1ccc(Cl)cc1)c1cc(Cl)cc(Cl)c1O. The molecule has 2 N–H and O–H groups in total. The quantitative estimate of drug-likeness (QED) is 0.406. The summed E-state index contributed by atoms with van der Waals surface area (Å²) in [7, 11) is 0. The maximum Gasteiger partial charge on any atom is 0.138 e. The van der Waals surface area contributed by atoms with Crippen molar-refractivity contribution in [2.24, 2.45) is 0 Å². The number of halogens is 5. The summed E-state index contributed by atoms with van der Waals surface area (Å²) in [4.78, 5) is 0. The van der Waals surface area contributed by atoms with Crippen LogP contribution in [0.15, 0.2) is 48.5 Å². The lowest BCUT2D eigenvalue weighted by Gasteiger charge is -2.22. The fourth-order valence-electron chi connectivity index (χ4n) is 2.79. The van der Waals surface area contributed by atoms with Crippen LogP contribution in [0.1, 0.15) is 22.6 Å². The Labute approximate surface area is 175 Å². The molecule has 0 saturated heterocycles. The third-order valence-corrected chi connectivity index (χ3v) is 5.21. The molecule has 134 valence electrons. The van der Waals surface area contributed by atoms with Crippen molar-refractivity contribution in [3.8, 4) is 11.5 Å². The summed E-state index contributed by atoms with van der Waals surface area (Å²) in [5, 5.41) is 22.5. The van der Waals surface area contributed by atoms with Gasteiger partial charge in [0, 0.05) is 32.1 Å². The predicted octanol–water partition coefficient (Wildman–Crippen LogP) is 7.55. The van der Waals surface area contributed by atoms with Gasteiger partial charge in [0.05, 0.1) is 10.0 Å². The van der Waals surface area contributed by atoms with Crippen molar-refractivity contribution in [3.05, 3.63) is 90.3 Å². The molecule has 0 aromatic heterocycles. The summed E-state index contributed by atoms with van der Waals surface area (Å²) in [5.41, 5.74) is 1.54. The van der Waals surface area contributed by atoms with Crippen molar-refractivity contribution in [1.82, 2.24) is 0 Å². The Morgan fingerprint density at radius 3 is 1.42 bits per heavy atom. The Hall–Kier alpha value is -1.29. The van der Waals surface area contributed by atoms with Crippen LogP contribution in [0.2, 0.25) is 25.1 Å². The van der Waals surface area contributed by atoms with Gasteiger partial charge in [0.1, 0.15) is 11.5 Å². The van der Waals surface area contributed by atoms with E-state index in [2.05, 4.69) is 0 Å². The number of benzene rings is 3. The van der Waals surface area contributed by atoms with E-state index in [1.807, 2.05) is 0 Å². The molecule has 0 unspecified atom stereocenters. The van der Waals surface area contributed by atoms with Crippen LogP contribution in [0.4, 0.5) is 0 Å². The van der Waals surface area contributed by atoms with Gasteiger partial charge in [0.15, 0.2) is 0 Å². The van der Waals surface area contributed by atoms with Crippen LogP contribution in [0, 0.1) is 0 Å². The van der Waals surface area contributed by atoms with Crippen molar-refractivity contribution < 1.29 is 10.2 Å². The average molecular weight is 449 g/mol. The smallest absolute Gasteiger partial charge is 0.138 e. The van der Waals surface area contributed by atoms with E-state index in [9.17, 15) is 10.2 Å².